The van der Waals surface area contributed by atoms with E-state index >= 15 is 0 Å². The second kappa shape index (κ2) is 5.73. The Bertz CT molecular complexity index is 805. The summed E-state index contributed by atoms with van der Waals surface area (Å²) < 4.78 is 7.86. The first kappa shape index (κ1) is 15.2. The van der Waals surface area contributed by atoms with Crippen LogP contribution in [0.1, 0.15) is 37.5 Å². The summed E-state index contributed by atoms with van der Waals surface area (Å²) in [4.78, 5) is 19.3. The number of ether oxygens (including phenoxy) is 1. The SMILES string of the molecule is O=C(NCc1nc2ccccc2n1C1CC1)N1CC[C@@]2(CCOC2)C1. The number of amides is 2. The molecule has 6 heteroatoms. The summed E-state index contributed by atoms with van der Waals surface area (Å²) in [6, 6.07) is 8.81. The van der Waals surface area contributed by atoms with Gasteiger partial charge in [0.2, 0.25) is 0 Å². The van der Waals surface area contributed by atoms with Gasteiger partial charge in [-0.1, -0.05) is 12.1 Å². The van der Waals surface area contributed by atoms with Gasteiger partial charge in [0.25, 0.3) is 0 Å². The third-order valence-corrected chi connectivity index (χ3v) is 5.89. The van der Waals surface area contributed by atoms with Crippen LogP contribution in [-0.4, -0.2) is 46.8 Å². The molecule has 2 amide bonds. The van der Waals surface area contributed by atoms with Crippen molar-refractivity contribution in [3.63, 3.8) is 0 Å². The maximum atomic E-state index is 12.6. The number of imidazole rings is 1. The van der Waals surface area contributed by atoms with Crippen LogP contribution in [0.15, 0.2) is 24.3 Å². The van der Waals surface area contributed by atoms with Gasteiger partial charge < -0.3 is 19.5 Å². The average molecular weight is 340 g/mol. The molecule has 1 spiro atoms. The van der Waals surface area contributed by atoms with E-state index in [9.17, 15) is 4.79 Å². The van der Waals surface area contributed by atoms with Crippen molar-refractivity contribution in [1.29, 1.82) is 0 Å². The van der Waals surface area contributed by atoms with Crippen LogP contribution < -0.4 is 5.32 Å². The van der Waals surface area contributed by atoms with Crippen LogP contribution in [-0.2, 0) is 11.3 Å². The fraction of sp³-hybridized carbons (Fsp3) is 0.579. The number of hydrogen-bond donors (Lipinski definition) is 1. The summed E-state index contributed by atoms with van der Waals surface area (Å²) in [5.41, 5.74) is 2.40. The molecule has 0 bridgehead atoms. The molecule has 5 rings (SSSR count). The lowest BCUT2D eigenvalue weighted by atomic mass is 9.87. The van der Waals surface area contributed by atoms with Crippen LogP contribution in [0.5, 0.6) is 0 Å². The number of benzene rings is 1. The van der Waals surface area contributed by atoms with Gasteiger partial charge in [-0.3, -0.25) is 0 Å². The van der Waals surface area contributed by atoms with Crippen molar-refractivity contribution in [1.82, 2.24) is 19.8 Å². The molecule has 3 fully saturated rings. The van der Waals surface area contributed by atoms with Gasteiger partial charge in [0.05, 0.1) is 24.2 Å². The number of urea groups is 1. The van der Waals surface area contributed by atoms with Crippen molar-refractivity contribution in [2.45, 2.75) is 38.3 Å². The fourth-order valence-corrected chi connectivity index (χ4v) is 4.31. The number of nitrogens with one attached hydrogen (secondary N) is 1. The Morgan fingerprint density at radius 3 is 3.00 bits per heavy atom. The van der Waals surface area contributed by atoms with Gasteiger partial charge in [0.15, 0.2) is 0 Å². The van der Waals surface area contributed by atoms with Crippen LogP contribution in [0, 0.1) is 5.41 Å². The van der Waals surface area contributed by atoms with Gasteiger partial charge in [0, 0.05) is 31.2 Å². The molecule has 3 heterocycles. The molecule has 3 aliphatic rings. The van der Waals surface area contributed by atoms with E-state index < -0.39 is 0 Å². The van der Waals surface area contributed by atoms with E-state index in [2.05, 4.69) is 22.0 Å². The van der Waals surface area contributed by atoms with E-state index in [1.807, 2.05) is 17.0 Å². The zero-order valence-corrected chi connectivity index (χ0v) is 14.4. The zero-order valence-electron chi connectivity index (χ0n) is 14.4. The van der Waals surface area contributed by atoms with Crippen LogP contribution in [0.3, 0.4) is 0 Å². The van der Waals surface area contributed by atoms with E-state index in [0.717, 1.165) is 50.5 Å². The van der Waals surface area contributed by atoms with Crippen molar-refractivity contribution in [2.24, 2.45) is 5.41 Å². The highest BCUT2D eigenvalue weighted by Crippen LogP contribution is 2.39. The molecule has 1 saturated carbocycles. The predicted molar refractivity (Wildman–Crippen MR) is 94.3 cm³/mol. The number of rotatable bonds is 3. The number of fused-ring (bicyclic) bond motifs is 1. The van der Waals surface area contributed by atoms with Crippen molar-refractivity contribution in [3.8, 4) is 0 Å². The maximum absolute atomic E-state index is 12.6. The van der Waals surface area contributed by atoms with Crippen LogP contribution in [0.4, 0.5) is 4.79 Å². The Morgan fingerprint density at radius 2 is 2.20 bits per heavy atom. The molecule has 2 aliphatic heterocycles. The monoisotopic (exact) mass is 340 g/mol. The van der Waals surface area contributed by atoms with Crippen molar-refractivity contribution in [3.05, 3.63) is 30.1 Å². The van der Waals surface area contributed by atoms with E-state index in [1.54, 1.807) is 0 Å². The molecule has 132 valence electrons. The molecule has 0 unspecified atom stereocenters. The molecule has 1 N–H and O–H groups in total. The molecule has 1 atom stereocenters. The zero-order chi connectivity index (χ0) is 16.9. The standard InChI is InChI=1S/C19H24N4O2/c24-18(22-9-7-19(12-22)8-10-25-13-19)20-11-17-21-15-3-1-2-4-16(15)23(17)14-5-6-14/h1-4,14H,5-13H2,(H,20,24)/t19-/m1/s1. The second-order valence-electron chi connectivity index (χ2n) is 7.75. The summed E-state index contributed by atoms with van der Waals surface area (Å²) in [7, 11) is 0. The molecule has 1 aromatic heterocycles. The fourth-order valence-electron chi connectivity index (χ4n) is 4.31. The van der Waals surface area contributed by atoms with Crippen molar-refractivity contribution in [2.75, 3.05) is 26.3 Å². The first-order valence-electron chi connectivity index (χ1n) is 9.31. The first-order valence-corrected chi connectivity index (χ1v) is 9.31. The van der Waals surface area contributed by atoms with Gasteiger partial charge in [-0.25, -0.2) is 9.78 Å². The molecule has 6 nitrogen and oxygen atoms in total. The highest BCUT2D eigenvalue weighted by Gasteiger charge is 2.42. The molecule has 2 saturated heterocycles. The highest BCUT2D eigenvalue weighted by atomic mass is 16.5. The van der Waals surface area contributed by atoms with Gasteiger partial charge in [-0.15, -0.1) is 0 Å². The Hall–Kier alpha value is -2.08. The maximum Gasteiger partial charge on any atom is 0.317 e. The van der Waals surface area contributed by atoms with Crippen molar-refractivity contribution < 1.29 is 9.53 Å². The van der Waals surface area contributed by atoms with Gasteiger partial charge in [-0.2, -0.15) is 0 Å². The van der Waals surface area contributed by atoms with Crippen LogP contribution in [0.2, 0.25) is 0 Å². The highest BCUT2D eigenvalue weighted by molar-refractivity contribution is 5.77. The number of likely N-dealkylation sites (tertiary alicyclic amines) is 1. The lowest BCUT2D eigenvalue weighted by molar-refractivity contribution is 0.152. The number of aromatic nitrogens is 2. The Kier molecular flexibility index (Phi) is 3.48. The van der Waals surface area contributed by atoms with Crippen LogP contribution >= 0.6 is 0 Å². The lowest BCUT2D eigenvalue weighted by Gasteiger charge is -2.22. The Labute approximate surface area is 147 Å². The average Bonchev–Trinajstić information content (AvgIpc) is 3.09. The van der Waals surface area contributed by atoms with E-state index in [4.69, 9.17) is 9.72 Å². The number of carbonyl (C=O) groups excluding carboxylic acids is 1. The summed E-state index contributed by atoms with van der Waals surface area (Å²) in [5, 5.41) is 3.09. The van der Waals surface area contributed by atoms with Crippen LogP contribution in [0.25, 0.3) is 11.0 Å². The number of para-hydroxylation sites is 2. The normalized spacial score (nSPS) is 26.0. The first-order chi connectivity index (χ1) is 12.2. The minimum atomic E-state index is 0.0261. The molecular formula is C19H24N4O2. The molecular weight excluding hydrogens is 316 g/mol. The Morgan fingerprint density at radius 1 is 1.32 bits per heavy atom. The van der Waals surface area contributed by atoms with E-state index in [1.165, 1.54) is 18.4 Å². The lowest BCUT2D eigenvalue weighted by Crippen LogP contribution is -2.40. The molecule has 2 aromatic rings. The predicted octanol–water partition coefficient (Wildman–Crippen LogP) is 2.69. The molecule has 0 radical (unpaired) electrons. The van der Waals surface area contributed by atoms with Crippen molar-refractivity contribution >= 4 is 17.1 Å². The molecule has 1 aromatic carbocycles. The molecule has 1 aliphatic carbocycles. The minimum absolute atomic E-state index is 0.0261. The summed E-state index contributed by atoms with van der Waals surface area (Å²) in [6.45, 7) is 3.77. The Balaban J connectivity index is 1.29. The largest absolute Gasteiger partial charge is 0.381 e. The number of carbonyl (C=O) groups is 1. The topological polar surface area (TPSA) is 59.4 Å². The quantitative estimate of drug-likeness (QED) is 0.934. The smallest absolute Gasteiger partial charge is 0.317 e. The molecule has 25 heavy (non-hydrogen) atoms. The summed E-state index contributed by atoms with van der Waals surface area (Å²) >= 11 is 0. The van der Waals surface area contributed by atoms with Gasteiger partial charge in [-0.05, 0) is 37.8 Å². The van der Waals surface area contributed by atoms with Gasteiger partial charge >= 0.3 is 6.03 Å². The minimum Gasteiger partial charge on any atom is -0.381 e. The van der Waals surface area contributed by atoms with Gasteiger partial charge in [0.1, 0.15) is 5.82 Å². The van der Waals surface area contributed by atoms with E-state index in [0.29, 0.717) is 12.6 Å². The third-order valence-electron chi connectivity index (χ3n) is 5.89. The third kappa shape index (κ3) is 2.68. The summed E-state index contributed by atoms with van der Waals surface area (Å²) in [6.07, 6.45) is 4.54. The number of hydrogen-bond acceptors (Lipinski definition) is 3. The van der Waals surface area contributed by atoms with E-state index in [-0.39, 0.29) is 11.4 Å². The number of nitrogens with zero attached hydrogens (tertiary/aromatic N) is 3. The second-order valence-corrected chi connectivity index (χ2v) is 7.75. The summed E-state index contributed by atoms with van der Waals surface area (Å²) in [5.74, 6) is 0.968.